The van der Waals surface area contributed by atoms with Gasteiger partial charge in [-0.25, -0.2) is 4.98 Å². The number of carbonyl (C=O) groups is 2. The maximum Gasteiger partial charge on any atom is 0.301 e. The first kappa shape index (κ1) is 24.5. The molecule has 3 aromatic carbocycles. The smallest absolute Gasteiger partial charge is 0.301 e. The van der Waals surface area contributed by atoms with E-state index < -0.39 is 17.7 Å². The van der Waals surface area contributed by atoms with Gasteiger partial charge in [-0.3, -0.25) is 14.5 Å². The second-order valence-electron chi connectivity index (χ2n) is 9.46. The van der Waals surface area contributed by atoms with E-state index >= 15 is 0 Å². The number of amides is 1. The minimum absolute atomic E-state index is 0.0127. The van der Waals surface area contributed by atoms with Gasteiger partial charge in [0.2, 0.25) is 0 Å². The van der Waals surface area contributed by atoms with E-state index in [9.17, 15) is 14.7 Å². The van der Waals surface area contributed by atoms with Gasteiger partial charge in [-0.2, -0.15) is 0 Å². The van der Waals surface area contributed by atoms with Crippen LogP contribution in [0.25, 0.3) is 16.0 Å². The summed E-state index contributed by atoms with van der Waals surface area (Å²) < 4.78 is 12.0. The normalized spacial score (nSPS) is 18.5. The maximum absolute atomic E-state index is 13.5. The average molecular weight is 547 g/mol. The number of rotatable bonds is 4. The number of hydrogen-bond acceptors (Lipinski definition) is 7. The molecule has 6 rings (SSSR count). The van der Waals surface area contributed by atoms with Gasteiger partial charge < -0.3 is 14.6 Å². The fraction of sp³-hybridized carbons (Fsp3) is 0.207. The van der Waals surface area contributed by atoms with Crippen LogP contribution in [-0.2, 0) is 9.59 Å². The highest BCUT2D eigenvalue weighted by atomic mass is 35.5. The third-order valence-corrected chi connectivity index (χ3v) is 7.98. The number of ketones is 1. The van der Waals surface area contributed by atoms with Gasteiger partial charge in [0.05, 0.1) is 21.8 Å². The van der Waals surface area contributed by atoms with E-state index in [1.54, 1.807) is 36.4 Å². The molecule has 192 valence electrons. The van der Waals surface area contributed by atoms with Crippen molar-refractivity contribution in [2.45, 2.75) is 25.8 Å². The minimum atomic E-state index is -0.875. The highest BCUT2D eigenvalue weighted by Crippen LogP contribution is 2.45. The molecule has 0 radical (unpaired) electrons. The zero-order valence-electron chi connectivity index (χ0n) is 20.6. The number of Topliss-reactive ketones (excluding diaryl/α,β-unsaturated/α-hetero) is 1. The fourth-order valence-corrected chi connectivity index (χ4v) is 6.01. The Kier molecular flexibility index (Phi) is 6.08. The second kappa shape index (κ2) is 9.45. The zero-order chi connectivity index (χ0) is 26.6. The number of halogens is 1. The molecule has 1 atom stereocenters. The van der Waals surface area contributed by atoms with Crippen molar-refractivity contribution in [3.05, 3.63) is 87.9 Å². The standard InChI is InChI=1S/C29H23ClN2O5S/c1-15(2)16-3-5-17(6-4-16)25-24(26(33)18-7-10-21-22(13-18)37-12-11-36-21)27(34)28(35)32(25)29-31-20-9-8-19(30)14-23(20)38-29/h3-10,13-15,25,33H,11-12H2,1-2H3. The Labute approximate surface area is 227 Å². The van der Waals surface area contributed by atoms with Crippen LogP contribution in [0.1, 0.15) is 42.5 Å². The van der Waals surface area contributed by atoms with Crippen molar-refractivity contribution in [2.75, 3.05) is 18.1 Å². The lowest BCUT2D eigenvalue weighted by atomic mass is 9.93. The Hall–Kier alpha value is -3.88. The number of anilines is 1. The number of aliphatic hydroxyl groups excluding tert-OH is 1. The first-order chi connectivity index (χ1) is 18.3. The Morgan fingerprint density at radius 2 is 1.76 bits per heavy atom. The molecule has 2 aliphatic rings. The molecule has 0 aliphatic carbocycles. The van der Waals surface area contributed by atoms with E-state index in [0.29, 0.717) is 57.4 Å². The lowest BCUT2D eigenvalue weighted by Crippen LogP contribution is -2.29. The van der Waals surface area contributed by atoms with Crippen molar-refractivity contribution in [1.29, 1.82) is 0 Å². The Morgan fingerprint density at radius 3 is 2.50 bits per heavy atom. The molecule has 2 aliphatic heterocycles. The van der Waals surface area contributed by atoms with Crippen molar-refractivity contribution in [1.82, 2.24) is 4.98 Å². The highest BCUT2D eigenvalue weighted by Gasteiger charge is 2.48. The molecule has 0 saturated carbocycles. The van der Waals surface area contributed by atoms with Gasteiger partial charge in [-0.15, -0.1) is 0 Å². The molecule has 1 unspecified atom stereocenters. The number of aromatic nitrogens is 1. The summed E-state index contributed by atoms with van der Waals surface area (Å²) in [6, 6.07) is 17.1. The van der Waals surface area contributed by atoms with Crippen molar-refractivity contribution >= 4 is 55.7 Å². The Bertz CT molecular complexity index is 1630. The highest BCUT2D eigenvalue weighted by molar-refractivity contribution is 7.22. The molecule has 1 N–H and O–H groups in total. The van der Waals surface area contributed by atoms with Crippen LogP contribution in [0.4, 0.5) is 5.13 Å². The first-order valence-electron chi connectivity index (χ1n) is 12.2. The number of fused-ring (bicyclic) bond motifs is 2. The van der Waals surface area contributed by atoms with Crippen LogP contribution in [0.5, 0.6) is 11.5 Å². The maximum atomic E-state index is 13.5. The topological polar surface area (TPSA) is 89.0 Å². The molecule has 1 saturated heterocycles. The molecule has 9 heteroatoms. The number of nitrogens with zero attached hydrogens (tertiary/aromatic N) is 2. The van der Waals surface area contributed by atoms with Gasteiger partial charge in [-0.05, 0) is 53.4 Å². The summed E-state index contributed by atoms with van der Waals surface area (Å²) >= 11 is 7.44. The molecule has 1 aromatic heterocycles. The average Bonchev–Trinajstić information content (AvgIpc) is 3.45. The predicted molar refractivity (Wildman–Crippen MR) is 147 cm³/mol. The number of carbonyl (C=O) groups excluding carboxylic acids is 2. The van der Waals surface area contributed by atoms with Crippen molar-refractivity contribution < 1.29 is 24.2 Å². The van der Waals surface area contributed by atoms with Gasteiger partial charge in [0, 0.05) is 10.6 Å². The van der Waals surface area contributed by atoms with E-state index in [4.69, 9.17) is 21.1 Å². The van der Waals surface area contributed by atoms with E-state index in [-0.39, 0.29) is 11.3 Å². The van der Waals surface area contributed by atoms with Crippen molar-refractivity contribution in [2.24, 2.45) is 0 Å². The third-order valence-electron chi connectivity index (χ3n) is 6.72. The summed E-state index contributed by atoms with van der Waals surface area (Å²) in [6.45, 7) is 5.00. The van der Waals surface area contributed by atoms with Crippen LogP contribution in [-0.4, -0.2) is 35.0 Å². The number of benzene rings is 3. The van der Waals surface area contributed by atoms with Gasteiger partial charge in [-0.1, -0.05) is 61.1 Å². The minimum Gasteiger partial charge on any atom is -0.507 e. The van der Waals surface area contributed by atoms with Gasteiger partial charge >= 0.3 is 5.91 Å². The monoisotopic (exact) mass is 546 g/mol. The molecule has 7 nitrogen and oxygen atoms in total. The number of thiazole rings is 1. The Balaban J connectivity index is 1.53. The molecule has 3 heterocycles. The van der Waals surface area contributed by atoms with E-state index in [2.05, 4.69) is 18.8 Å². The van der Waals surface area contributed by atoms with Crippen LogP contribution in [0.15, 0.2) is 66.2 Å². The lowest BCUT2D eigenvalue weighted by Gasteiger charge is -2.23. The van der Waals surface area contributed by atoms with Crippen LogP contribution >= 0.6 is 22.9 Å². The van der Waals surface area contributed by atoms with Crippen LogP contribution < -0.4 is 14.4 Å². The van der Waals surface area contributed by atoms with E-state index in [0.717, 1.165) is 10.3 Å². The number of ether oxygens (including phenoxy) is 2. The predicted octanol–water partition coefficient (Wildman–Crippen LogP) is 6.47. The summed E-state index contributed by atoms with van der Waals surface area (Å²) in [5.74, 6) is -0.496. The summed E-state index contributed by atoms with van der Waals surface area (Å²) in [5, 5.41) is 12.4. The summed E-state index contributed by atoms with van der Waals surface area (Å²) in [5.41, 5.74) is 2.81. The van der Waals surface area contributed by atoms with Crippen LogP contribution in [0, 0.1) is 0 Å². The van der Waals surface area contributed by atoms with Crippen molar-refractivity contribution in [3.8, 4) is 11.5 Å². The molecule has 1 amide bonds. The quantitative estimate of drug-likeness (QED) is 0.179. The lowest BCUT2D eigenvalue weighted by molar-refractivity contribution is -0.132. The largest absolute Gasteiger partial charge is 0.507 e. The third kappa shape index (κ3) is 4.10. The van der Waals surface area contributed by atoms with Crippen LogP contribution in [0.2, 0.25) is 5.02 Å². The van der Waals surface area contributed by atoms with Crippen molar-refractivity contribution in [3.63, 3.8) is 0 Å². The first-order valence-corrected chi connectivity index (χ1v) is 13.4. The Morgan fingerprint density at radius 1 is 1.03 bits per heavy atom. The summed E-state index contributed by atoms with van der Waals surface area (Å²) in [7, 11) is 0. The fourth-order valence-electron chi connectivity index (χ4n) is 4.74. The summed E-state index contributed by atoms with van der Waals surface area (Å²) in [6.07, 6.45) is 0. The van der Waals surface area contributed by atoms with E-state index in [1.807, 2.05) is 24.3 Å². The number of aliphatic hydroxyl groups is 1. The van der Waals surface area contributed by atoms with Gasteiger partial charge in [0.15, 0.2) is 16.6 Å². The molecule has 38 heavy (non-hydrogen) atoms. The molecule has 1 fully saturated rings. The summed E-state index contributed by atoms with van der Waals surface area (Å²) in [4.78, 5) is 33.0. The molecule has 0 spiro atoms. The molecule has 4 aromatic rings. The van der Waals surface area contributed by atoms with Crippen LogP contribution in [0.3, 0.4) is 0 Å². The number of hydrogen-bond donors (Lipinski definition) is 1. The zero-order valence-corrected chi connectivity index (χ0v) is 22.2. The van der Waals surface area contributed by atoms with Gasteiger partial charge in [0.25, 0.3) is 5.78 Å². The van der Waals surface area contributed by atoms with E-state index in [1.165, 1.54) is 16.2 Å². The second-order valence-corrected chi connectivity index (χ2v) is 10.9. The molecular formula is C29H23ClN2O5S. The molecular weight excluding hydrogens is 524 g/mol. The molecule has 0 bridgehead atoms. The van der Waals surface area contributed by atoms with Gasteiger partial charge in [0.1, 0.15) is 19.0 Å². The SMILES string of the molecule is CC(C)c1ccc(C2C(=C(O)c3ccc4c(c3)OCCO4)C(=O)C(=O)N2c2nc3ccc(Cl)cc3s2)cc1.